The van der Waals surface area contributed by atoms with Crippen molar-refractivity contribution >= 4 is 43.5 Å². The lowest BCUT2D eigenvalue weighted by atomic mass is 10.3. The molecule has 0 aliphatic heterocycles. The van der Waals surface area contributed by atoms with Crippen LogP contribution in [0.4, 0.5) is 5.69 Å². The third kappa shape index (κ3) is 3.27. The molecule has 2 nitrogen and oxygen atoms in total. The predicted molar refractivity (Wildman–Crippen MR) is 65.3 cm³/mol. The maximum absolute atomic E-state index is 11.2. The van der Waals surface area contributed by atoms with Crippen LogP contribution in [0, 0.1) is 0 Å². The van der Waals surface area contributed by atoms with Crippen molar-refractivity contribution < 1.29 is 4.79 Å². The standard InChI is InChI=1S/C10H9Br2NO/c1-2-3-10(14)13-9-5-4-7(11)6-8(9)12/h2-6H,1H3,(H,13,14). The number of halogens is 2. The number of nitrogens with one attached hydrogen (secondary N) is 1. The lowest BCUT2D eigenvalue weighted by Gasteiger charge is -2.04. The van der Waals surface area contributed by atoms with Gasteiger partial charge in [0.25, 0.3) is 0 Å². The van der Waals surface area contributed by atoms with Gasteiger partial charge >= 0.3 is 0 Å². The topological polar surface area (TPSA) is 29.1 Å². The highest BCUT2D eigenvalue weighted by molar-refractivity contribution is 9.11. The first-order valence-corrected chi connectivity index (χ1v) is 5.61. The Hall–Kier alpha value is -0.610. The number of carbonyl (C=O) groups excluding carboxylic acids is 1. The van der Waals surface area contributed by atoms with E-state index in [2.05, 4.69) is 37.2 Å². The molecule has 4 heteroatoms. The molecule has 14 heavy (non-hydrogen) atoms. The highest BCUT2D eigenvalue weighted by atomic mass is 79.9. The zero-order chi connectivity index (χ0) is 10.6. The Morgan fingerprint density at radius 3 is 2.71 bits per heavy atom. The molecule has 1 aromatic rings. The summed E-state index contributed by atoms with van der Waals surface area (Å²) in [6.45, 7) is 1.80. The molecule has 0 aromatic heterocycles. The Balaban J connectivity index is 2.82. The van der Waals surface area contributed by atoms with Gasteiger partial charge in [0.15, 0.2) is 0 Å². The van der Waals surface area contributed by atoms with E-state index in [-0.39, 0.29) is 5.91 Å². The summed E-state index contributed by atoms with van der Waals surface area (Å²) in [4.78, 5) is 11.2. The predicted octanol–water partition coefficient (Wildman–Crippen LogP) is 3.73. The van der Waals surface area contributed by atoms with Crippen molar-refractivity contribution in [1.29, 1.82) is 0 Å². The SMILES string of the molecule is CC=CC(=O)Nc1ccc(Br)cc1Br. The third-order valence-corrected chi connectivity index (χ3v) is 2.66. The van der Waals surface area contributed by atoms with Crippen molar-refractivity contribution in [3.8, 4) is 0 Å². The first-order chi connectivity index (χ1) is 6.63. The van der Waals surface area contributed by atoms with E-state index in [1.807, 2.05) is 18.2 Å². The first-order valence-electron chi connectivity index (χ1n) is 4.02. The fraction of sp³-hybridized carbons (Fsp3) is 0.100. The monoisotopic (exact) mass is 317 g/mol. The first kappa shape index (κ1) is 11.5. The molecule has 1 amide bonds. The van der Waals surface area contributed by atoms with Crippen LogP contribution in [0.25, 0.3) is 0 Å². The summed E-state index contributed by atoms with van der Waals surface area (Å²) in [7, 11) is 0. The van der Waals surface area contributed by atoms with Crippen LogP contribution in [0.3, 0.4) is 0 Å². The second kappa shape index (κ2) is 5.32. The summed E-state index contributed by atoms with van der Waals surface area (Å²) in [6.07, 6.45) is 3.18. The fourth-order valence-corrected chi connectivity index (χ4v) is 2.06. The number of allylic oxidation sites excluding steroid dienone is 1. The summed E-state index contributed by atoms with van der Waals surface area (Å²) >= 11 is 6.69. The fourth-order valence-electron chi connectivity index (χ4n) is 0.917. The number of benzene rings is 1. The Morgan fingerprint density at radius 1 is 1.43 bits per heavy atom. The number of carbonyl (C=O) groups is 1. The van der Waals surface area contributed by atoms with Crippen molar-refractivity contribution in [2.24, 2.45) is 0 Å². The maximum Gasteiger partial charge on any atom is 0.248 e. The minimum absolute atomic E-state index is 0.129. The van der Waals surface area contributed by atoms with Gasteiger partial charge in [-0.3, -0.25) is 4.79 Å². The molecule has 0 radical (unpaired) electrons. The van der Waals surface area contributed by atoms with E-state index >= 15 is 0 Å². The van der Waals surface area contributed by atoms with E-state index in [1.165, 1.54) is 6.08 Å². The molecule has 1 rings (SSSR count). The van der Waals surface area contributed by atoms with Gasteiger partial charge in [0.05, 0.1) is 5.69 Å². The van der Waals surface area contributed by atoms with E-state index in [4.69, 9.17) is 0 Å². The van der Waals surface area contributed by atoms with Gasteiger partial charge in [-0.1, -0.05) is 22.0 Å². The quantitative estimate of drug-likeness (QED) is 0.827. The van der Waals surface area contributed by atoms with Crippen molar-refractivity contribution in [3.63, 3.8) is 0 Å². The van der Waals surface area contributed by atoms with Crippen LogP contribution in [0.1, 0.15) is 6.92 Å². The summed E-state index contributed by atoms with van der Waals surface area (Å²) in [5, 5.41) is 2.74. The van der Waals surface area contributed by atoms with E-state index in [0.29, 0.717) is 0 Å². The smallest absolute Gasteiger partial charge is 0.248 e. The van der Waals surface area contributed by atoms with Crippen LogP contribution in [0.5, 0.6) is 0 Å². The van der Waals surface area contributed by atoms with Crippen LogP contribution in [0.2, 0.25) is 0 Å². The number of anilines is 1. The van der Waals surface area contributed by atoms with Gasteiger partial charge in [-0.25, -0.2) is 0 Å². The lowest BCUT2D eigenvalue weighted by molar-refractivity contribution is -0.111. The van der Waals surface area contributed by atoms with Gasteiger partial charge in [0.2, 0.25) is 5.91 Å². The summed E-state index contributed by atoms with van der Waals surface area (Å²) in [5.74, 6) is -0.129. The van der Waals surface area contributed by atoms with Crippen LogP contribution >= 0.6 is 31.9 Å². The van der Waals surface area contributed by atoms with E-state index in [0.717, 1.165) is 14.6 Å². The highest BCUT2D eigenvalue weighted by Crippen LogP contribution is 2.25. The van der Waals surface area contributed by atoms with Crippen molar-refractivity contribution in [3.05, 3.63) is 39.3 Å². The molecule has 0 saturated carbocycles. The lowest BCUT2D eigenvalue weighted by Crippen LogP contribution is -2.07. The molecule has 74 valence electrons. The number of hydrogen-bond acceptors (Lipinski definition) is 1. The van der Waals surface area contributed by atoms with Crippen LogP contribution in [-0.4, -0.2) is 5.91 Å². The molecule has 1 N–H and O–H groups in total. The molecule has 1 aromatic carbocycles. The summed E-state index contributed by atoms with van der Waals surface area (Å²) in [5.41, 5.74) is 0.760. The average Bonchev–Trinajstić information content (AvgIpc) is 2.10. The normalized spacial score (nSPS) is 10.5. The summed E-state index contributed by atoms with van der Waals surface area (Å²) < 4.78 is 1.82. The molecule has 0 bridgehead atoms. The number of amides is 1. The Morgan fingerprint density at radius 2 is 2.14 bits per heavy atom. The maximum atomic E-state index is 11.2. The van der Waals surface area contributed by atoms with Gasteiger partial charge in [-0.2, -0.15) is 0 Å². The molecule has 0 aliphatic rings. The van der Waals surface area contributed by atoms with E-state index in [1.54, 1.807) is 13.0 Å². The second-order valence-electron chi connectivity index (χ2n) is 2.61. The molecule has 0 fully saturated rings. The van der Waals surface area contributed by atoms with Gasteiger partial charge in [0.1, 0.15) is 0 Å². The van der Waals surface area contributed by atoms with Crippen molar-refractivity contribution in [2.45, 2.75) is 6.92 Å². The van der Waals surface area contributed by atoms with Crippen molar-refractivity contribution in [1.82, 2.24) is 0 Å². The van der Waals surface area contributed by atoms with Crippen LogP contribution in [0.15, 0.2) is 39.3 Å². The zero-order valence-corrected chi connectivity index (χ0v) is 10.7. The Labute approximate surface area is 99.6 Å². The molecule has 0 unspecified atom stereocenters. The van der Waals surface area contributed by atoms with Gasteiger partial charge in [0, 0.05) is 8.95 Å². The molecular weight excluding hydrogens is 310 g/mol. The van der Waals surface area contributed by atoms with E-state index < -0.39 is 0 Å². The summed E-state index contributed by atoms with van der Waals surface area (Å²) in [6, 6.07) is 5.58. The minimum Gasteiger partial charge on any atom is -0.321 e. The average molecular weight is 319 g/mol. The van der Waals surface area contributed by atoms with Gasteiger partial charge in [-0.15, -0.1) is 0 Å². The number of rotatable bonds is 2. The minimum atomic E-state index is -0.129. The Bertz CT molecular complexity index is 374. The molecule has 0 saturated heterocycles. The second-order valence-corrected chi connectivity index (χ2v) is 4.38. The largest absolute Gasteiger partial charge is 0.321 e. The molecule has 0 heterocycles. The van der Waals surface area contributed by atoms with Crippen LogP contribution < -0.4 is 5.32 Å². The molecule has 0 spiro atoms. The Kier molecular flexibility index (Phi) is 4.35. The van der Waals surface area contributed by atoms with Gasteiger partial charge < -0.3 is 5.32 Å². The van der Waals surface area contributed by atoms with Gasteiger partial charge in [-0.05, 0) is 47.1 Å². The molecule has 0 atom stereocenters. The highest BCUT2D eigenvalue weighted by Gasteiger charge is 2.02. The third-order valence-electron chi connectivity index (χ3n) is 1.51. The molecular formula is C10H9Br2NO. The number of hydrogen-bond donors (Lipinski definition) is 1. The van der Waals surface area contributed by atoms with E-state index in [9.17, 15) is 4.79 Å². The zero-order valence-electron chi connectivity index (χ0n) is 7.55. The van der Waals surface area contributed by atoms with Crippen LogP contribution in [-0.2, 0) is 4.79 Å². The van der Waals surface area contributed by atoms with Crippen molar-refractivity contribution in [2.75, 3.05) is 5.32 Å². The molecule has 0 aliphatic carbocycles.